The van der Waals surface area contributed by atoms with Crippen LogP contribution in [0.25, 0.3) is 10.9 Å². The Morgan fingerprint density at radius 1 is 1.39 bits per heavy atom. The van der Waals surface area contributed by atoms with E-state index in [1.54, 1.807) is 6.20 Å². The van der Waals surface area contributed by atoms with Crippen LogP contribution in [0.4, 0.5) is 0 Å². The van der Waals surface area contributed by atoms with Gasteiger partial charge in [0.1, 0.15) is 5.75 Å². The SMILES string of the molecule is CNC(CO)CCOc1ccc2cccnc2c1. The van der Waals surface area contributed by atoms with Crippen molar-refractivity contribution in [2.75, 3.05) is 20.3 Å². The number of nitrogens with one attached hydrogen (secondary N) is 1. The average molecular weight is 246 g/mol. The molecule has 1 atom stereocenters. The molecule has 0 saturated carbocycles. The summed E-state index contributed by atoms with van der Waals surface area (Å²) in [5.41, 5.74) is 0.933. The number of likely N-dealkylation sites (N-methyl/N-ethyl adjacent to an activating group) is 1. The smallest absolute Gasteiger partial charge is 0.121 e. The predicted molar refractivity (Wildman–Crippen MR) is 71.8 cm³/mol. The highest BCUT2D eigenvalue weighted by Crippen LogP contribution is 2.18. The third-order valence-corrected chi connectivity index (χ3v) is 2.94. The van der Waals surface area contributed by atoms with Gasteiger partial charge < -0.3 is 15.2 Å². The summed E-state index contributed by atoms with van der Waals surface area (Å²) in [7, 11) is 1.83. The summed E-state index contributed by atoms with van der Waals surface area (Å²) in [4.78, 5) is 4.29. The first kappa shape index (κ1) is 12.8. The zero-order chi connectivity index (χ0) is 12.8. The Morgan fingerprint density at radius 3 is 3.06 bits per heavy atom. The summed E-state index contributed by atoms with van der Waals surface area (Å²) in [5.74, 6) is 0.814. The standard InChI is InChI=1S/C14H18N2O2/c1-15-12(10-17)6-8-18-13-5-4-11-3-2-7-16-14(11)9-13/h2-5,7,9,12,15,17H,6,8,10H2,1H3. The minimum Gasteiger partial charge on any atom is -0.493 e. The molecule has 0 bridgehead atoms. The second-order valence-corrected chi connectivity index (χ2v) is 4.16. The highest BCUT2D eigenvalue weighted by molar-refractivity contribution is 5.79. The monoisotopic (exact) mass is 246 g/mol. The van der Waals surface area contributed by atoms with Crippen molar-refractivity contribution < 1.29 is 9.84 Å². The maximum absolute atomic E-state index is 9.04. The first-order chi connectivity index (χ1) is 8.83. The lowest BCUT2D eigenvalue weighted by Crippen LogP contribution is -2.30. The van der Waals surface area contributed by atoms with Gasteiger partial charge in [-0.3, -0.25) is 4.98 Å². The maximum atomic E-state index is 9.04. The number of aliphatic hydroxyl groups excluding tert-OH is 1. The number of rotatable bonds is 6. The van der Waals surface area contributed by atoms with Gasteiger partial charge in [-0.1, -0.05) is 6.07 Å². The summed E-state index contributed by atoms with van der Waals surface area (Å²) in [5, 5.41) is 13.2. The highest BCUT2D eigenvalue weighted by atomic mass is 16.5. The quantitative estimate of drug-likeness (QED) is 0.812. The minimum absolute atomic E-state index is 0.0866. The van der Waals surface area contributed by atoms with Gasteiger partial charge in [0.25, 0.3) is 0 Å². The lowest BCUT2D eigenvalue weighted by atomic mass is 10.2. The van der Waals surface area contributed by atoms with Crippen molar-refractivity contribution in [1.82, 2.24) is 10.3 Å². The maximum Gasteiger partial charge on any atom is 0.121 e. The zero-order valence-corrected chi connectivity index (χ0v) is 10.5. The number of hydrogen-bond donors (Lipinski definition) is 2. The van der Waals surface area contributed by atoms with Crippen molar-refractivity contribution >= 4 is 10.9 Å². The molecule has 1 unspecified atom stereocenters. The Balaban J connectivity index is 1.95. The van der Waals surface area contributed by atoms with Crippen molar-refractivity contribution in [3.8, 4) is 5.75 Å². The fourth-order valence-electron chi connectivity index (χ4n) is 1.78. The molecule has 2 N–H and O–H groups in total. The van der Waals surface area contributed by atoms with Crippen LogP contribution in [0.15, 0.2) is 36.5 Å². The predicted octanol–water partition coefficient (Wildman–Crippen LogP) is 1.58. The molecule has 18 heavy (non-hydrogen) atoms. The van der Waals surface area contributed by atoms with E-state index in [2.05, 4.69) is 10.3 Å². The van der Waals surface area contributed by atoms with Crippen LogP contribution in [0.2, 0.25) is 0 Å². The summed E-state index contributed by atoms with van der Waals surface area (Å²) in [6.07, 6.45) is 2.54. The molecule has 0 aliphatic carbocycles. The van der Waals surface area contributed by atoms with E-state index in [1.807, 2.05) is 37.4 Å². The van der Waals surface area contributed by atoms with Crippen molar-refractivity contribution in [3.63, 3.8) is 0 Å². The van der Waals surface area contributed by atoms with E-state index in [0.29, 0.717) is 6.61 Å². The highest BCUT2D eigenvalue weighted by Gasteiger charge is 2.04. The second-order valence-electron chi connectivity index (χ2n) is 4.16. The largest absolute Gasteiger partial charge is 0.493 e. The summed E-state index contributed by atoms with van der Waals surface area (Å²) in [6, 6.07) is 9.90. The molecule has 96 valence electrons. The molecule has 4 nitrogen and oxygen atoms in total. The molecule has 0 aliphatic rings. The first-order valence-corrected chi connectivity index (χ1v) is 6.09. The number of benzene rings is 1. The Bertz CT molecular complexity index is 498. The van der Waals surface area contributed by atoms with E-state index in [0.717, 1.165) is 23.1 Å². The number of aromatic nitrogens is 1. The van der Waals surface area contributed by atoms with Crippen LogP contribution in [0, 0.1) is 0 Å². The Kier molecular flexibility index (Phi) is 4.50. The van der Waals surface area contributed by atoms with E-state index < -0.39 is 0 Å². The lowest BCUT2D eigenvalue weighted by Gasteiger charge is -2.13. The summed E-state index contributed by atoms with van der Waals surface area (Å²) < 4.78 is 5.66. The molecule has 0 saturated heterocycles. The van der Waals surface area contributed by atoms with Gasteiger partial charge in [-0.05, 0) is 31.7 Å². The van der Waals surface area contributed by atoms with Crippen LogP contribution >= 0.6 is 0 Å². The molecule has 1 aromatic carbocycles. The van der Waals surface area contributed by atoms with Gasteiger partial charge in [0, 0.05) is 23.7 Å². The van der Waals surface area contributed by atoms with Gasteiger partial charge in [-0.25, -0.2) is 0 Å². The molecule has 1 heterocycles. The molecule has 0 amide bonds. The van der Waals surface area contributed by atoms with Gasteiger partial charge >= 0.3 is 0 Å². The van der Waals surface area contributed by atoms with E-state index in [-0.39, 0.29) is 12.6 Å². The number of pyridine rings is 1. The number of hydrogen-bond acceptors (Lipinski definition) is 4. The van der Waals surface area contributed by atoms with Crippen LogP contribution in [0.5, 0.6) is 5.75 Å². The third-order valence-electron chi connectivity index (χ3n) is 2.94. The number of nitrogens with zero attached hydrogens (tertiary/aromatic N) is 1. The fraction of sp³-hybridized carbons (Fsp3) is 0.357. The topological polar surface area (TPSA) is 54.4 Å². The van der Waals surface area contributed by atoms with E-state index in [9.17, 15) is 0 Å². The molecule has 0 spiro atoms. The normalized spacial score (nSPS) is 12.6. The van der Waals surface area contributed by atoms with Gasteiger partial charge in [-0.15, -0.1) is 0 Å². The first-order valence-electron chi connectivity index (χ1n) is 6.09. The molecule has 4 heteroatoms. The van der Waals surface area contributed by atoms with Crippen molar-refractivity contribution in [3.05, 3.63) is 36.5 Å². The zero-order valence-electron chi connectivity index (χ0n) is 10.5. The molecular formula is C14H18N2O2. The van der Waals surface area contributed by atoms with E-state index in [4.69, 9.17) is 9.84 Å². The van der Waals surface area contributed by atoms with Crippen molar-refractivity contribution in [2.45, 2.75) is 12.5 Å². The van der Waals surface area contributed by atoms with Crippen LogP contribution in [-0.4, -0.2) is 36.4 Å². The van der Waals surface area contributed by atoms with Crippen molar-refractivity contribution in [2.24, 2.45) is 0 Å². The van der Waals surface area contributed by atoms with Crippen LogP contribution in [0.1, 0.15) is 6.42 Å². The van der Waals surface area contributed by atoms with E-state index in [1.165, 1.54) is 0 Å². The number of aliphatic hydroxyl groups is 1. The Morgan fingerprint density at radius 2 is 2.28 bits per heavy atom. The molecule has 0 aliphatic heterocycles. The van der Waals surface area contributed by atoms with Crippen LogP contribution < -0.4 is 10.1 Å². The second kappa shape index (κ2) is 6.33. The molecule has 1 aromatic heterocycles. The molecule has 2 rings (SSSR count). The summed E-state index contributed by atoms with van der Waals surface area (Å²) in [6.45, 7) is 0.698. The Labute approximate surface area is 107 Å². The van der Waals surface area contributed by atoms with Crippen LogP contribution in [0.3, 0.4) is 0 Å². The van der Waals surface area contributed by atoms with Gasteiger partial charge in [0.15, 0.2) is 0 Å². The fourth-order valence-corrected chi connectivity index (χ4v) is 1.78. The molecule has 2 aromatic rings. The number of ether oxygens (including phenoxy) is 1. The number of fused-ring (bicyclic) bond motifs is 1. The molecule has 0 radical (unpaired) electrons. The Hall–Kier alpha value is -1.65. The van der Waals surface area contributed by atoms with Gasteiger partial charge in [-0.2, -0.15) is 0 Å². The van der Waals surface area contributed by atoms with E-state index >= 15 is 0 Å². The van der Waals surface area contributed by atoms with Crippen LogP contribution in [-0.2, 0) is 0 Å². The summed E-state index contributed by atoms with van der Waals surface area (Å²) >= 11 is 0. The average Bonchev–Trinajstić information content (AvgIpc) is 2.43. The van der Waals surface area contributed by atoms with Gasteiger partial charge in [0.2, 0.25) is 0 Å². The van der Waals surface area contributed by atoms with Crippen molar-refractivity contribution in [1.29, 1.82) is 0 Å². The molecule has 0 fully saturated rings. The molecular weight excluding hydrogens is 228 g/mol. The lowest BCUT2D eigenvalue weighted by molar-refractivity contribution is 0.214. The van der Waals surface area contributed by atoms with Gasteiger partial charge in [0.05, 0.1) is 18.7 Å². The minimum atomic E-state index is 0.0866. The third kappa shape index (κ3) is 3.18.